The number of hydrogen-bond donors (Lipinski definition) is 1. The Hall–Kier alpha value is -1.45. The molecular formula is C18H24N2O. The molecule has 2 aromatic rings. The van der Waals surface area contributed by atoms with Crippen LogP contribution in [0.4, 0.5) is 0 Å². The van der Waals surface area contributed by atoms with Crippen LogP contribution < -0.4 is 5.32 Å². The van der Waals surface area contributed by atoms with E-state index in [1.165, 1.54) is 43.1 Å². The van der Waals surface area contributed by atoms with Crippen LogP contribution in [-0.4, -0.2) is 24.2 Å². The molecule has 0 spiro atoms. The Balaban J connectivity index is 1.44. The maximum atomic E-state index is 5.93. The van der Waals surface area contributed by atoms with Crippen molar-refractivity contribution in [3.05, 3.63) is 42.1 Å². The van der Waals surface area contributed by atoms with Crippen LogP contribution in [0.3, 0.4) is 0 Å². The molecule has 0 aliphatic heterocycles. The molecular weight excluding hydrogens is 260 g/mol. The molecule has 3 nitrogen and oxygen atoms in total. The molecule has 1 fully saturated rings. The van der Waals surface area contributed by atoms with Crippen LogP contribution in [0, 0.1) is 0 Å². The third-order valence-corrected chi connectivity index (χ3v) is 4.22. The van der Waals surface area contributed by atoms with Crippen molar-refractivity contribution >= 4 is 10.9 Å². The lowest BCUT2D eigenvalue weighted by Crippen LogP contribution is -2.24. The summed E-state index contributed by atoms with van der Waals surface area (Å²) in [5, 5.41) is 4.67. The molecule has 0 unspecified atom stereocenters. The van der Waals surface area contributed by atoms with Gasteiger partial charge in [0.25, 0.3) is 0 Å². The van der Waals surface area contributed by atoms with E-state index in [1.54, 1.807) is 0 Å². The van der Waals surface area contributed by atoms with Gasteiger partial charge in [0.05, 0.1) is 18.2 Å². The zero-order valence-electron chi connectivity index (χ0n) is 12.6. The van der Waals surface area contributed by atoms with E-state index in [0.29, 0.717) is 6.10 Å². The minimum Gasteiger partial charge on any atom is -0.377 e. The lowest BCUT2D eigenvalue weighted by Gasteiger charge is -2.22. The highest BCUT2D eigenvalue weighted by Crippen LogP contribution is 2.20. The monoisotopic (exact) mass is 284 g/mol. The van der Waals surface area contributed by atoms with Gasteiger partial charge in [0.15, 0.2) is 0 Å². The molecule has 1 aliphatic rings. The van der Waals surface area contributed by atoms with Gasteiger partial charge in [0.2, 0.25) is 0 Å². The lowest BCUT2D eigenvalue weighted by molar-refractivity contribution is 0.0302. The summed E-state index contributed by atoms with van der Waals surface area (Å²) in [6, 6.07) is 10.4. The Morgan fingerprint density at radius 1 is 1.10 bits per heavy atom. The lowest BCUT2D eigenvalue weighted by atomic mass is 9.98. The summed E-state index contributed by atoms with van der Waals surface area (Å²) in [4.78, 5) is 4.48. The highest BCUT2D eigenvalue weighted by Gasteiger charge is 2.12. The van der Waals surface area contributed by atoms with Crippen LogP contribution in [0.25, 0.3) is 10.9 Å². The molecule has 0 amide bonds. The molecule has 0 saturated heterocycles. The van der Waals surface area contributed by atoms with Gasteiger partial charge in [-0.1, -0.05) is 43.5 Å². The molecule has 1 aliphatic carbocycles. The Labute approximate surface area is 126 Å². The van der Waals surface area contributed by atoms with E-state index in [1.807, 2.05) is 12.3 Å². The molecule has 3 rings (SSSR count). The molecule has 1 heterocycles. The van der Waals surface area contributed by atoms with Crippen molar-refractivity contribution in [1.29, 1.82) is 0 Å². The number of pyridine rings is 1. The average molecular weight is 284 g/mol. The summed E-state index contributed by atoms with van der Waals surface area (Å²) < 4.78 is 5.93. The van der Waals surface area contributed by atoms with E-state index < -0.39 is 0 Å². The quantitative estimate of drug-likeness (QED) is 0.822. The Kier molecular flexibility index (Phi) is 5.19. The van der Waals surface area contributed by atoms with Gasteiger partial charge in [-0.2, -0.15) is 0 Å². The molecule has 1 aromatic carbocycles. The van der Waals surface area contributed by atoms with Crippen LogP contribution in [0.2, 0.25) is 0 Å². The fraction of sp³-hybridized carbons (Fsp3) is 0.500. The molecule has 0 radical (unpaired) electrons. The SMILES string of the molecule is c1cnc2c(CNCCOC3CCCCC3)cccc2c1. The maximum Gasteiger partial charge on any atom is 0.0746 e. The number of nitrogens with zero attached hydrogens (tertiary/aromatic N) is 1. The number of aromatic nitrogens is 1. The summed E-state index contributed by atoms with van der Waals surface area (Å²) in [7, 11) is 0. The van der Waals surface area contributed by atoms with Crippen molar-refractivity contribution < 1.29 is 4.74 Å². The number of rotatable bonds is 6. The van der Waals surface area contributed by atoms with Gasteiger partial charge in [-0.3, -0.25) is 4.98 Å². The minimum atomic E-state index is 0.500. The molecule has 21 heavy (non-hydrogen) atoms. The second-order valence-corrected chi connectivity index (χ2v) is 5.80. The fourth-order valence-electron chi connectivity index (χ4n) is 3.06. The largest absolute Gasteiger partial charge is 0.377 e. The van der Waals surface area contributed by atoms with Crippen molar-refractivity contribution in [3.8, 4) is 0 Å². The van der Waals surface area contributed by atoms with Gasteiger partial charge in [-0.05, 0) is 24.5 Å². The summed E-state index contributed by atoms with van der Waals surface area (Å²) >= 11 is 0. The van der Waals surface area contributed by atoms with Crippen molar-refractivity contribution in [3.63, 3.8) is 0 Å². The predicted octanol–water partition coefficient (Wildman–Crippen LogP) is 3.67. The third-order valence-electron chi connectivity index (χ3n) is 4.22. The first-order valence-corrected chi connectivity index (χ1v) is 8.08. The van der Waals surface area contributed by atoms with E-state index >= 15 is 0 Å². The van der Waals surface area contributed by atoms with Crippen LogP contribution in [0.1, 0.15) is 37.7 Å². The first-order valence-electron chi connectivity index (χ1n) is 8.08. The number of ether oxygens (including phenoxy) is 1. The normalized spacial score (nSPS) is 16.4. The Morgan fingerprint density at radius 3 is 2.86 bits per heavy atom. The second-order valence-electron chi connectivity index (χ2n) is 5.80. The van der Waals surface area contributed by atoms with Crippen LogP contribution in [0.5, 0.6) is 0 Å². The maximum absolute atomic E-state index is 5.93. The van der Waals surface area contributed by atoms with Crippen LogP contribution in [0.15, 0.2) is 36.5 Å². The zero-order valence-corrected chi connectivity index (χ0v) is 12.6. The molecule has 112 valence electrons. The summed E-state index contributed by atoms with van der Waals surface area (Å²) in [5.74, 6) is 0. The van der Waals surface area contributed by atoms with Crippen LogP contribution >= 0.6 is 0 Å². The zero-order chi connectivity index (χ0) is 14.3. The topological polar surface area (TPSA) is 34.2 Å². The standard InChI is InChI=1S/C18H24N2O/c1-2-9-17(10-3-1)21-13-12-19-14-16-7-4-6-15-8-5-11-20-18(15)16/h4-8,11,17,19H,1-3,9-10,12-14H2. The highest BCUT2D eigenvalue weighted by atomic mass is 16.5. The summed E-state index contributed by atoms with van der Waals surface area (Å²) in [6.45, 7) is 2.56. The first kappa shape index (κ1) is 14.5. The van der Waals surface area contributed by atoms with Gasteiger partial charge in [-0.25, -0.2) is 0 Å². The predicted molar refractivity (Wildman–Crippen MR) is 86.3 cm³/mol. The molecule has 1 saturated carbocycles. The highest BCUT2D eigenvalue weighted by molar-refractivity contribution is 5.81. The summed E-state index contributed by atoms with van der Waals surface area (Å²) in [5.41, 5.74) is 2.35. The van der Waals surface area contributed by atoms with Gasteiger partial charge in [0, 0.05) is 24.7 Å². The number of hydrogen-bond acceptors (Lipinski definition) is 3. The average Bonchev–Trinajstić information content (AvgIpc) is 2.56. The van der Waals surface area contributed by atoms with Crippen LogP contribution in [-0.2, 0) is 11.3 Å². The first-order chi connectivity index (χ1) is 10.4. The van der Waals surface area contributed by atoms with E-state index in [-0.39, 0.29) is 0 Å². The van der Waals surface area contributed by atoms with Crippen molar-refractivity contribution in [1.82, 2.24) is 10.3 Å². The minimum absolute atomic E-state index is 0.500. The van der Waals surface area contributed by atoms with Crippen molar-refractivity contribution in [2.75, 3.05) is 13.2 Å². The smallest absolute Gasteiger partial charge is 0.0746 e. The van der Waals surface area contributed by atoms with Crippen molar-refractivity contribution in [2.45, 2.75) is 44.8 Å². The van der Waals surface area contributed by atoms with E-state index in [0.717, 1.165) is 25.2 Å². The molecule has 0 bridgehead atoms. The van der Waals surface area contributed by atoms with E-state index in [2.05, 4.69) is 34.6 Å². The second kappa shape index (κ2) is 7.53. The molecule has 1 aromatic heterocycles. The van der Waals surface area contributed by atoms with Gasteiger partial charge >= 0.3 is 0 Å². The number of para-hydroxylation sites is 1. The Bertz CT molecular complexity index is 559. The third kappa shape index (κ3) is 4.02. The van der Waals surface area contributed by atoms with Crippen molar-refractivity contribution in [2.24, 2.45) is 0 Å². The summed E-state index contributed by atoms with van der Waals surface area (Å²) in [6.07, 6.45) is 8.89. The molecule has 1 N–H and O–H groups in total. The van der Waals surface area contributed by atoms with Gasteiger partial charge < -0.3 is 10.1 Å². The number of benzene rings is 1. The number of nitrogens with one attached hydrogen (secondary N) is 1. The van der Waals surface area contributed by atoms with Gasteiger partial charge in [-0.15, -0.1) is 0 Å². The fourth-order valence-corrected chi connectivity index (χ4v) is 3.06. The molecule has 0 atom stereocenters. The van der Waals surface area contributed by atoms with Gasteiger partial charge in [0.1, 0.15) is 0 Å². The Morgan fingerprint density at radius 2 is 1.95 bits per heavy atom. The molecule has 3 heteroatoms. The van der Waals surface area contributed by atoms with E-state index in [4.69, 9.17) is 4.74 Å². The number of fused-ring (bicyclic) bond motifs is 1. The van der Waals surface area contributed by atoms with E-state index in [9.17, 15) is 0 Å².